The van der Waals surface area contributed by atoms with Gasteiger partial charge in [-0.25, -0.2) is 4.21 Å². The van der Waals surface area contributed by atoms with E-state index in [-0.39, 0.29) is 51.4 Å². The number of hydrogen-bond donors (Lipinski definition) is 1. The molecule has 0 heterocycles. The van der Waals surface area contributed by atoms with Gasteiger partial charge in [0.1, 0.15) is 0 Å². The molecule has 0 rings (SSSR count). The van der Waals surface area contributed by atoms with E-state index in [2.05, 4.69) is 13.8 Å². The van der Waals surface area contributed by atoms with Gasteiger partial charge >= 0.3 is 51.4 Å². The van der Waals surface area contributed by atoms with Crippen LogP contribution in [-0.4, -0.2) is 13.3 Å². The molecule has 64 valence electrons. The molecule has 3 nitrogen and oxygen atoms in total. The van der Waals surface area contributed by atoms with Crippen molar-refractivity contribution in [3.8, 4) is 0 Å². The summed E-state index contributed by atoms with van der Waals surface area (Å²) >= 11 is -2.86. The van der Waals surface area contributed by atoms with E-state index < -0.39 is 11.4 Å². The van der Waals surface area contributed by atoms with Crippen molar-refractivity contribution in [3.05, 3.63) is 0 Å². The minimum Gasteiger partial charge on any atom is -0.750 e. The maximum Gasteiger partial charge on any atom is 1.00 e. The van der Waals surface area contributed by atoms with Crippen LogP contribution in [0.25, 0.3) is 0 Å². The summed E-state index contributed by atoms with van der Waals surface area (Å²) in [7, 11) is 0. The zero-order valence-electron chi connectivity index (χ0n) is 7.50. The zero-order valence-corrected chi connectivity index (χ0v) is 11.4. The molecule has 0 bridgehead atoms. The molecule has 0 aliphatic heterocycles. The molecule has 1 unspecified atom stereocenters. The van der Waals surface area contributed by atoms with Gasteiger partial charge in [-0.1, -0.05) is 39.5 Å². The topological polar surface area (TPSA) is 60.4 Å². The molecule has 0 saturated heterocycles. The van der Waals surface area contributed by atoms with Gasteiger partial charge in [0.25, 0.3) is 0 Å². The van der Waals surface area contributed by atoms with Crippen LogP contribution in [0.4, 0.5) is 0 Å². The summed E-state index contributed by atoms with van der Waals surface area (Å²) < 4.78 is 24.1. The first-order valence-corrected chi connectivity index (χ1v) is 4.46. The quantitative estimate of drug-likeness (QED) is 0.363. The molecule has 0 radical (unpaired) electrons. The molecule has 11 heavy (non-hydrogen) atoms. The SMILES string of the molecule is CCCCCC.O=S([O-])O.[K+]. The van der Waals surface area contributed by atoms with E-state index in [9.17, 15) is 0 Å². The third-order valence-corrected chi connectivity index (χ3v) is 0.957. The Morgan fingerprint density at radius 1 is 1.27 bits per heavy atom. The largest absolute Gasteiger partial charge is 1.00 e. The molecule has 0 aliphatic rings. The second-order valence-corrected chi connectivity index (χ2v) is 2.36. The molecule has 0 amide bonds. The Morgan fingerprint density at radius 2 is 1.45 bits per heavy atom. The third-order valence-electron chi connectivity index (χ3n) is 0.957. The molecule has 1 N–H and O–H groups in total. The number of hydrogen-bond acceptors (Lipinski definition) is 2. The summed E-state index contributed by atoms with van der Waals surface area (Å²) in [6, 6.07) is 0. The maximum atomic E-state index is 8.56. The Balaban J connectivity index is -0.000000114. The van der Waals surface area contributed by atoms with Crippen LogP contribution in [0.5, 0.6) is 0 Å². The maximum absolute atomic E-state index is 8.56. The van der Waals surface area contributed by atoms with Crippen molar-refractivity contribution in [1.29, 1.82) is 0 Å². The van der Waals surface area contributed by atoms with Gasteiger partial charge in [-0.05, 0) is 0 Å². The smallest absolute Gasteiger partial charge is 0.750 e. The van der Waals surface area contributed by atoms with Crippen molar-refractivity contribution in [2.24, 2.45) is 0 Å². The molecular formula is C6H15KO3S. The van der Waals surface area contributed by atoms with Crippen molar-refractivity contribution < 1.29 is 64.7 Å². The minimum absolute atomic E-state index is 0. The molecule has 0 aromatic heterocycles. The molecule has 5 heteroatoms. The third kappa shape index (κ3) is 49.8. The standard InChI is InChI=1S/C6H14.K.H2O3S/c1-3-5-6-4-2;;1-4(2)3/h3-6H2,1-2H3;;(H2,1,2,3)/q;+1;/p-1. The average Bonchev–Trinajstić information content (AvgIpc) is 1.82. The summed E-state index contributed by atoms with van der Waals surface area (Å²) in [5.41, 5.74) is 0. The van der Waals surface area contributed by atoms with Gasteiger partial charge in [0.05, 0.1) is 11.4 Å². The van der Waals surface area contributed by atoms with Crippen molar-refractivity contribution in [2.45, 2.75) is 39.5 Å². The first-order valence-electron chi connectivity index (χ1n) is 3.43. The van der Waals surface area contributed by atoms with Gasteiger partial charge in [0.15, 0.2) is 0 Å². The van der Waals surface area contributed by atoms with Crippen molar-refractivity contribution in [2.75, 3.05) is 0 Å². The monoisotopic (exact) mass is 206 g/mol. The van der Waals surface area contributed by atoms with Crippen LogP contribution in [0.3, 0.4) is 0 Å². The molecular weight excluding hydrogens is 191 g/mol. The van der Waals surface area contributed by atoms with Crippen LogP contribution >= 0.6 is 0 Å². The Kier molecular flexibility index (Phi) is 29.7. The molecule has 1 atom stereocenters. The second-order valence-electron chi connectivity index (χ2n) is 1.92. The van der Waals surface area contributed by atoms with Crippen LogP contribution in [0.2, 0.25) is 0 Å². The van der Waals surface area contributed by atoms with E-state index >= 15 is 0 Å². The summed E-state index contributed by atoms with van der Waals surface area (Å²) in [6.45, 7) is 4.46. The fraction of sp³-hybridized carbons (Fsp3) is 1.00. The predicted molar refractivity (Wildman–Crippen MR) is 41.4 cm³/mol. The van der Waals surface area contributed by atoms with Gasteiger partial charge in [-0.2, -0.15) is 0 Å². The first-order chi connectivity index (χ1) is 4.65. The second kappa shape index (κ2) is 17.7. The fourth-order valence-electron chi connectivity index (χ4n) is 0.500. The van der Waals surface area contributed by atoms with Crippen LogP contribution in [-0.2, 0) is 11.4 Å². The van der Waals surface area contributed by atoms with E-state index in [0.717, 1.165) is 0 Å². The van der Waals surface area contributed by atoms with Crippen LogP contribution in [0.15, 0.2) is 0 Å². The van der Waals surface area contributed by atoms with Gasteiger partial charge in [0, 0.05) is 0 Å². The van der Waals surface area contributed by atoms with Crippen molar-refractivity contribution in [3.63, 3.8) is 0 Å². The average molecular weight is 206 g/mol. The molecule has 0 aromatic carbocycles. The Labute approximate surface area is 114 Å². The normalized spacial score (nSPS) is 10.5. The summed E-state index contributed by atoms with van der Waals surface area (Å²) in [6.07, 6.45) is 5.54. The van der Waals surface area contributed by atoms with Gasteiger partial charge in [-0.3, -0.25) is 0 Å². The van der Waals surface area contributed by atoms with Crippen molar-refractivity contribution >= 4 is 11.4 Å². The molecule has 0 saturated carbocycles. The minimum atomic E-state index is -2.86. The Hall–Kier alpha value is 1.71. The summed E-state index contributed by atoms with van der Waals surface area (Å²) in [5, 5.41) is 0. The van der Waals surface area contributed by atoms with E-state index in [1.807, 2.05) is 0 Å². The van der Waals surface area contributed by atoms with Gasteiger partial charge < -0.3 is 9.11 Å². The Morgan fingerprint density at radius 3 is 1.55 bits per heavy atom. The van der Waals surface area contributed by atoms with E-state index in [1.165, 1.54) is 25.7 Å². The molecule has 0 aliphatic carbocycles. The van der Waals surface area contributed by atoms with Gasteiger partial charge in [-0.15, -0.1) is 0 Å². The fourth-order valence-corrected chi connectivity index (χ4v) is 0.500. The molecule has 0 spiro atoms. The van der Waals surface area contributed by atoms with Crippen LogP contribution < -0.4 is 51.4 Å². The van der Waals surface area contributed by atoms with Crippen LogP contribution in [0.1, 0.15) is 39.5 Å². The Bertz CT molecular complexity index is 72.2. The predicted octanol–water partition coefficient (Wildman–Crippen LogP) is -1.07. The van der Waals surface area contributed by atoms with Gasteiger partial charge in [0.2, 0.25) is 0 Å². The molecule has 0 fully saturated rings. The zero-order chi connectivity index (χ0) is 8.41. The summed E-state index contributed by atoms with van der Waals surface area (Å²) in [4.78, 5) is 0. The first kappa shape index (κ1) is 18.5. The van der Waals surface area contributed by atoms with E-state index in [4.69, 9.17) is 13.3 Å². The van der Waals surface area contributed by atoms with E-state index in [1.54, 1.807) is 0 Å². The number of rotatable bonds is 3. The van der Waals surface area contributed by atoms with Crippen molar-refractivity contribution in [1.82, 2.24) is 0 Å². The van der Waals surface area contributed by atoms with Crippen LogP contribution in [0, 0.1) is 0 Å². The van der Waals surface area contributed by atoms with E-state index in [0.29, 0.717) is 0 Å². The number of unbranched alkanes of at least 4 members (excludes halogenated alkanes) is 3. The summed E-state index contributed by atoms with van der Waals surface area (Å²) in [5.74, 6) is 0. The molecule has 0 aromatic rings.